The maximum atomic E-state index is 12.3. The molecule has 0 bridgehead atoms. The van der Waals surface area contributed by atoms with Crippen LogP contribution in [-0.2, 0) is 16.1 Å². The summed E-state index contributed by atoms with van der Waals surface area (Å²) < 4.78 is 21.1. The van der Waals surface area contributed by atoms with Crippen molar-refractivity contribution >= 4 is 41.2 Å². The number of rotatable bonds is 9. The average molecular weight is 501 g/mol. The van der Waals surface area contributed by atoms with Crippen molar-refractivity contribution in [3.63, 3.8) is 0 Å². The highest BCUT2D eigenvalue weighted by molar-refractivity contribution is 6.35. The lowest BCUT2D eigenvalue weighted by molar-refractivity contribution is -0.136. The van der Waals surface area contributed by atoms with E-state index < -0.39 is 18.5 Å². The molecule has 0 unspecified atom stereocenters. The summed E-state index contributed by atoms with van der Waals surface area (Å²) in [6.45, 7) is -0.257. The van der Waals surface area contributed by atoms with Crippen LogP contribution in [0.2, 0.25) is 10.0 Å². The van der Waals surface area contributed by atoms with E-state index in [-0.39, 0.29) is 34.4 Å². The fourth-order valence-electron chi connectivity index (χ4n) is 2.73. The van der Waals surface area contributed by atoms with Crippen molar-refractivity contribution in [3.8, 4) is 23.3 Å². The van der Waals surface area contributed by atoms with Crippen LogP contribution in [0.1, 0.15) is 11.3 Å². The molecule has 0 aliphatic carbocycles. The minimum atomic E-state index is -0.692. The van der Waals surface area contributed by atoms with E-state index >= 15 is 0 Å². The number of benzene rings is 2. The number of nitrogens with zero attached hydrogens (tertiary/aromatic N) is 1. The van der Waals surface area contributed by atoms with E-state index in [4.69, 9.17) is 41.8 Å². The Morgan fingerprint density at radius 2 is 1.91 bits per heavy atom. The molecule has 0 saturated heterocycles. The van der Waals surface area contributed by atoms with Crippen LogP contribution in [0.5, 0.6) is 17.2 Å². The summed E-state index contributed by atoms with van der Waals surface area (Å²) in [5.74, 6) is -0.0595. The highest BCUT2D eigenvalue weighted by Crippen LogP contribution is 2.30. The van der Waals surface area contributed by atoms with E-state index in [0.29, 0.717) is 16.3 Å². The first-order valence-corrected chi connectivity index (χ1v) is 10.5. The van der Waals surface area contributed by atoms with Gasteiger partial charge in [-0.3, -0.25) is 4.79 Å². The Labute approximate surface area is 205 Å². The minimum absolute atomic E-state index is 0.119. The maximum absolute atomic E-state index is 12.3. The van der Waals surface area contributed by atoms with Crippen molar-refractivity contribution in [1.82, 2.24) is 5.32 Å². The maximum Gasteiger partial charge on any atom is 0.349 e. The second-order valence-corrected chi connectivity index (χ2v) is 7.52. The largest absolute Gasteiger partial charge is 0.493 e. The van der Waals surface area contributed by atoms with Gasteiger partial charge in [0.2, 0.25) is 0 Å². The molecule has 2 aromatic carbocycles. The summed E-state index contributed by atoms with van der Waals surface area (Å²) >= 11 is 11.9. The first kappa shape index (κ1) is 24.7. The van der Waals surface area contributed by atoms with Crippen molar-refractivity contribution in [2.24, 2.45) is 0 Å². The lowest BCUT2D eigenvalue weighted by Gasteiger charge is -2.11. The Kier molecular flexibility index (Phi) is 8.57. The number of methoxy groups -OCH3 is 1. The first-order chi connectivity index (χ1) is 16.4. The Morgan fingerprint density at radius 1 is 1.12 bits per heavy atom. The molecule has 0 fully saturated rings. The summed E-state index contributed by atoms with van der Waals surface area (Å²) in [5, 5.41) is 12.7. The Morgan fingerprint density at radius 3 is 2.59 bits per heavy atom. The van der Waals surface area contributed by atoms with Crippen molar-refractivity contribution in [2.75, 3.05) is 13.7 Å². The van der Waals surface area contributed by atoms with Gasteiger partial charge in [-0.15, -0.1) is 0 Å². The van der Waals surface area contributed by atoms with Gasteiger partial charge < -0.3 is 23.9 Å². The highest BCUT2D eigenvalue weighted by Gasteiger charge is 2.14. The smallest absolute Gasteiger partial charge is 0.349 e. The van der Waals surface area contributed by atoms with Gasteiger partial charge in [0.05, 0.1) is 24.9 Å². The van der Waals surface area contributed by atoms with Crippen molar-refractivity contribution < 1.29 is 28.2 Å². The molecule has 1 heterocycles. The standard InChI is InChI=1S/C24H18Cl2N2O6/c1-31-22-10-15(9-16(12-27)24(30)28-13-18-3-2-8-32-18)4-6-21(22)34-23(29)14-33-20-7-5-17(25)11-19(20)26/h2-11H,13-14H2,1H3,(H,28,30)/b16-9+. The fourth-order valence-corrected chi connectivity index (χ4v) is 3.19. The monoisotopic (exact) mass is 500 g/mol. The molecule has 34 heavy (non-hydrogen) atoms. The van der Waals surface area contributed by atoms with Crippen molar-refractivity contribution in [3.05, 3.63) is 81.7 Å². The summed E-state index contributed by atoms with van der Waals surface area (Å²) in [7, 11) is 1.39. The SMILES string of the molecule is COc1cc(/C=C(\C#N)C(=O)NCc2ccco2)ccc1OC(=O)COc1ccc(Cl)cc1Cl. The molecule has 0 spiro atoms. The number of carbonyl (C=O) groups excluding carboxylic acids is 2. The third-order valence-corrected chi connectivity index (χ3v) is 4.86. The molecular weight excluding hydrogens is 483 g/mol. The number of hydrogen-bond donors (Lipinski definition) is 1. The first-order valence-electron chi connectivity index (χ1n) is 9.78. The zero-order valence-electron chi connectivity index (χ0n) is 17.8. The highest BCUT2D eigenvalue weighted by atomic mass is 35.5. The van der Waals surface area contributed by atoms with Gasteiger partial charge in [0.15, 0.2) is 18.1 Å². The molecule has 0 aliphatic rings. The molecule has 3 rings (SSSR count). The van der Waals surface area contributed by atoms with E-state index in [2.05, 4.69) is 5.32 Å². The molecule has 3 aromatic rings. The molecule has 8 nitrogen and oxygen atoms in total. The lowest BCUT2D eigenvalue weighted by Crippen LogP contribution is -2.23. The van der Waals surface area contributed by atoms with E-state index in [1.807, 2.05) is 6.07 Å². The van der Waals surface area contributed by atoms with Crippen LogP contribution in [0.3, 0.4) is 0 Å². The number of ether oxygens (including phenoxy) is 3. The minimum Gasteiger partial charge on any atom is -0.493 e. The van der Waals surface area contributed by atoms with Gasteiger partial charge in [0, 0.05) is 5.02 Å². The molecule has 0 saturated carbocycles. The predicted molar refractivity (Wildman–Crippen MR) is 125 cm³/mol. The summed E-state index contributed by atoms with van der Waals surface area (Å²) in [6.07, 6.45) is 2.87. The lowest BCUT2D eigenvalue weighted by atomic mass is 10.1. The van der Waals surface area contributed by atoms with E-state index in [9.17, 15) is 14.9 Å². The number of nitriles is 1. The summed E-state index contributed by atoms with van der Waals surface area (Å²) in [6, 6.07) is 14.4. The van der Waals surface area contributed by atoms with Crippen molar-refractivity contribution in [1.29, 1.82) is 5.26 Å². The Balaban J connectivity index is 1.64. The van der Waals surface area contributed by atoms with E-state index in [1.165, 1.54) is 43.7 Å². The second kappa shape index (κ2) is 11.8. The normalized spacial score (nSPS) is 10.8. The Bertz CT molecular complexity index is 1250. The average Bonchev–Trinajstić information content (AvgIpc) is 3.35. The third-order valence-electron chi connectivity index (χ3n) is 4.33. The zero-order chi connectivity index (χ0) is 24.5. The van der Waals surface area contributed by atoms with Gasteiger partial charge in [-0.05, 0) is 54.1 Å². The predicted octanol–water partition coefficient (Wildman–Crippen LogP) is 4.80. The molecular formula is C24H18Cl2N2O6. The van der Waals surface area contributed by atoms with Gasteiger partial charge in [0.25, 0.3) is 5.91 Å². The van der Waals surface area contributed by atoms with Gasteiger partial charge in [-0.25, -0.2) is 4.79 Å². The van der Waals surface area contributed by atoms with E-state index in [0.717, 1.165) is 0 Å². The van der Waals surface area contributed by atoms with Gasteiger partial charge in [-0.2, -0.15) is 5.26 Å². The molecule has 0 radical (unpaired) electrons. The molecule has 1 N–H and O–H groups in total. The number of nitrogens with one attached hydrogen (secondary N) is 1. The molecule has 1 aromatic heterocycles. The topological polar surface area (TPSA) is 111 Å². The van der Waals surface area contributed by atoms with Crippen LogP contribution in [0, 0.1) is 11.3 Å². The quantitative estimate of drug-likeness (QED) is 0.194. The van der Waals surface area contributed by atoms with Gasteiger partial charge >= 0.3 is 5.97 Å². The van der Waals surface area contributed by atoms with Crippen LogP contribution in [-0.4, -0.2) is 25.6 Å². The second-order valence-electron chi connectivity index (χ2n) is 6.68. The summed E-state index contributed by atoms with van der Waals surface area (Å²) in [4.78, 5) is 24.5. The summed E-state index contributed by atoms with van der Waals surface area (Å²) in [5.41, 5.74) is 0.372. The number of amides is 1. The molecule has 0 aliphatic heterocycles. The number of esters is 1. The van der Waals surface area contributed by atoms with Crippen LogP contribution in [0.4, 0.5) is 0 Å². The Hall–Kier alpha value is -3.93. The molecule has 10 heteroatoms. The molecule has 174 valence electrons. The number of furan rings is 1. The van der Waals surface area contributed by atoms with Gasteiger partial charge in [-0.1, -0.05) is 29.3 Å². The van der Waals surface area contributed by atoms with Crippen LogP contribution in [0.25, 0.3) is 6.08 Å². The third kappa shape index (κ3) is 6.78. The van der Waals surface area contributed by atoms with Crippen LogP contribution < -0.4 is 19.5 Å². The van der Waals surface area contributed by atoms with Crippen LogP contribution >= 0.6 is 23.2 Å². The van der Waals surface area contributed by atoms with Crippen molar-refractivity contribution in [2.45, 2.75) is 6.54 Å². The van der Waals surface area contributed by atoms with E-state index in [1.54, 1.807) is 24.3 Å². The zero-order valence-corrected chi connectivity index (χ0v) is 19.4. The van der Waals surface area contributed by atoms with Gasteiger partial charge in [0.1, 0.15) is 23.2 Å². The number of hydrogen-bond acceptors (Lipinski definition) is 7. The molecule has 0 atom stereocenters. The fraction of sp³-hybridized carbons (Fsp3) is 0.125. The number of carbonyl (C=O) groups is 2. The number of halogens is 2. The molecule has 1 amide bonds. The van der Waals surface area contributed by atoms with Crippen LogP contribution in [0.15, 0.2) is 64.8 Å².